The van der Waals surface area contributed by atoms with Crippen molar-refractivity contribution in [2.24, 2.45) is 0 Å². The van der Waals surface area contributed by atoms with E-state index in [0.29, 0.717) is 6.61 Å². The molecule has 22 heavy (non-hydrogen) atoms. The molecule has 0 fully saturated rings. The molecular formula is C16H18ClN3O2. The lowest BCUT2D eigenvalue weighted by Gasteiger charge is -2.20. The van der Waals surface area contributed by atoms with Crippen LogP contribution >= 0.6 is 11.6 Å². The number of ether oxygens (including phenoxy) is 1. The number of nitrogens with zero attached hydrogens (tertiary/aromatic N) is 2. The molecule has 1 amide bonds. The van der Waals surface area contributed by atoms with E-state index in [9.17, 15) is 4.79 Å². The van der Waals surface area contributed by atoms with E-state index in [0.717, 1.165) is 17.7 Å². The van der Waals surface area contributed by atoms with Crippen molar-refractivity contribution in [3.63, 3.8) is 0 Å². The number of hydrogen-bond donors (Lipinski definition) is 1. The van der Waals surface area contributed by atoms with Crippen LogP contribution < -0.4 is 10.1 Å². The van der Waals surface area contributed by atoms with Crippen molar-refractivity contribution < 1.29 is 9.53 Å². The van der Waals surface area contributed by atoms with Gasteiger partial charge >= 0.3 is 0 Å². The number of carbonyl (C=O) groups is 1. The highest BCUT2D eigenvalue weighted by Gasteiger charge is 2.19. The summed E-state index contributed by atoms with van der Waals surface area (Å²) in [6.45, 7) is 4.49. The summed E-state index contributed by atoms with van der Waals surface area (Å²) in [7, 11) is 0. The Kier molecular flexibility index (Phi) is 5.72. The number of aromatic nitrogens is 2. The van der Waals surface area contributed by atoms with Gasteiger partial charge in [0.15, 0.2) is 0 Å². The summed E-state index contributed by atoms with van der Waals surface area (Å²) in [5.41, 5.74) is 1.11. The molecule has 0 radical (unpaired) electrons. The van der Waals surface area contributed by atoms with E-state index in [1.54, 1.807) is 0 Å². The number of benzene rings is 1. The lowest BCUT2D eigenvalue weighted by molar-refractivity contribution is 0.0930. The van der Waals surface area contributed by atoms with Crippen molar-refractivity contribution in [3.8, 4) is 5.75 Å². The molecule has 0 aliphatic heterocycles. The molecule has 2 rings (SSSR count). The van der Waals surface area contributed by atoms with E-state index in [4.69, 9.17) is 16.3 Å². The molecule has 0 aliphatic carbocycles. The molecule has 5 nitrogen and oxygen atoms in total. The molecule has 6 heteroatoms. The lowest BCUT2D eigenvalue weighted by Crippen LogP contribution is -2.29. The van der Waals surface area contributed by atoms with Gasteiger partial charge in [-0.2, -0.15) is 0 Å². The van der Waals surface area contributed by atoms with Gasteiger partial charge in [-0.25, -0.2) is 9.97 Å². The van der Waals surface area contributed by atoms with Crippen LogP contribution in [-0.4, -0.2) is 22.5 Å². The predicted octanol–water partition coefficient (Wildman–Crippen LogP) is 3.41. The maximum absolute atomic E-state index is 12.4. The number of carbonyl (C=O) groups excluding carboxylic acids is 1. The summed E-state index contributed by atoms with van der Waals surface area (Å²) in [6, 6.07) is 7.49. The van der Waals surface area contributed by atoms with Crippen LogP contribution in [0.1, 0.15) is 42.4 Å². The van der Waals surface area contributed by atoms with Crippen LogP contribution in [0.5, 0.6) is 5.75 Å². The molecule has 0 bridgehead atoms. The first-order valence-corrected chi connectivity index (χ1v) is 7.53. The van der Waals surface area contributed by atoms with Gasteiger partial charge < -0.3 is 10.1 Å². The number of halogens is 1. The third-order valence-electron chi connectivity index (χ3n) is 3.19. The zero-order valence-corrected chi connectivity index (χ0v) is 13.3. The Morgan fingerprint density at radius 3 is 2.82 bits per heavy atom. The highest BCUT2D eigenvalue weighted by atomic mass is 35.5. The second kappa shape index (κ2) is 7.75. The summed E-state index contributed by atoms with van der Waals surface area (Å²) >= 11 is 5.96. The minimum absolute atomic E-state index is 0.170. The molecular weight excluding hydrogens is 302 g/mol. The summed E-state index contributed by atoms with van der Waals surface area (Å²) in [4.78, 5) is 20.1. The molecule has 1 aromatic heterocycles. The Hall–Kier alpha value is -2.14. The minimum Gasteiger partial charge on any atom is -0.494 e. The predicted molar refractivity (Wildman–Crippen MR) is 85.2 cm³/mol. The van der Waals surface area contributed by atoms with E-state index in [-0.39, 0.29) is 22.7 Å². The van der Waals surface area contributed by atoms with Gasteiger partial charge in [0.1, 0.15) is 17.8 Å². The molecule has 1 aromatic carbocycles. The Labute approximate surface area is 134 Å². The lowest BCUT2D eigenvalue weighted by atomic mass is 10.0. The second-order valence-electron chi connectivity index (χ2n) is 4.62. The fourth-order valence-electron chi connectivity index (χ4n) is 2.16. The second-order valence-corrected chi connectivity index (χ2v) is 5.03. The van der Waals surface area contributed by atoms with Crippen LogP contribution in [0.25, 0.3) is 0 Å². The van der Waals surface area contributed by atoms with Crippen LogP contribution in [0.3, 0.4) is 0 Å². The first-order chi connectivity index (χ1) is 10.7. The summed E-state index contributed by atoms with van der Waals surface area (Å²) in [5, 5.41) is 3.17. The summed E-state index contributed by atoms with van der Waals surface area (Å²) in [6.07, 6.45) is 3.42. The van der Waals surface area contributed by atoms with Gasteiger partial charge in [0.05, 0.1) is 17.7 Å². The van der Waals surface area contributed by atoms with Crippen LogP contribution in [0.4, 0.5) is 0 Å². The molecule has 1 heterocycles. The van der Waals surface area contributed by atoms with Crippen molar-refractivity contribution in [3.05, 3.63) is 53.1 Å². The van der Waals surface area contributed by atoms with Crippen molar-refractivity contribution in [1.29, 1.82) is 0 Å². The third-order valence-corrected chi connectivity index (χ3v) is 3.47. The van der Waals surface area contributed by atoms with E-state index >= 15 is 0 Å². The first kappa shape index (κ1) is 16.2. The zero-order chi connectivity index (χ0) is 15.9. The molecule has 1 N–H and O–H groups in total. The summed E-state index contributed by atoms with van der Waals surface area (Å²) < 4.78 is 5.63. The quantitative estimate of drug-likeness (QED) is 0.886. The normalized spacial score (nSPS) is 11.8. The number of amides is 1. The van der Waals surface area contributed by atoms with Gasteiger partial charge in [-0.15, -0.1) is 0 Å². The fourth-order valence-corrected chi connectivity index (χ4v) is 2.35. The number of rotatable bonds is 6. The Morgan fingerprint density at radius 1 is 1.36 bits per heavy atom. The molecule has 0 aliphatic rings. The highest BCUT2D eigenvalue weighted by Crippen LogP contribution is 2.27. The Morgan fingerprint density at radius 2 is 2.14 bits per heavy atom. The monoisotopic (exact) mass is 319 g/mol. The van der Waals surface area contributed by atoms with E-state index in [1.807, 2.05) is 38.1 Å². The maximum atomic E-state index is 12.4. The van der Waals surface area contributed by atoms with Gasteiger partial charge in [-0.05, 0) is 19.4 Å². The van der Waals surface area contributed by atoms with E-state index < -0.39 is 0 Å². The molecule has 0 saturated heterocycles. The first-order valence-electron chi connectivity index (χ1n) is 7.15. The number of para-hydroxylation sites is 1. The van der Waals surface area contributed by atoms with Crippen molar-refractivity contribution >= 4 is 17.5 Å². The molecule has 1 unspecified atom stereocenters. The standard InChI is InChI=1S/C16H18ClN3O2/c1-3-13(11-7-5-6-8-14(11)22-4-2)20-16(21)15-12(17)9-18-10-19-15/h5-10,13H,3-4H2,1-2H3,(H,20,21). The topological polar surface area (TPSA) is 64.1 Å². The van der Waals surface area contributed by atoms with E-state index in [2.05, 4.69) is 15.3 Å². The van der Waals surface area contributed by atoms with Crippen molar-refractivity contribution in [1.82, 2.24) is 15.3 Å². The molecule has 1 atom stereocenters. The molecule has 2 aromatic rings. The molecule has 116 valence electrons. The smallest absolute Gasteiger partial charge is 0.272 e. The van der Waals surface area contributed by atoms with E-state index in [1.165, 1.54) is 12.5 Å². The van der Waals surface area contributed by atoms with Crippen LogP contribution in [0, 0.1) is 0 Å². The van der Waals surface area contributed by atoms with Crippen LogP contribution in [-0.2, 0) is 0 Å². The fraction of sp³-hybridized carbons (Fsp3) is 0.312. The van der Waals surface area contributed by atoms with Gasteiger partial charge in [0.2, 0.25) is 0 Å². The van der Waals surface area contributed by atoms with Gasteiger partial charge in [0, 0.05) is 11.8 Å². The Balaban J connectivity index is 2.23. The van der Waals surface area contributed by atoms with Gasteiger partial charge in [0.25, 0.3) is 5.91 Å². The minimum atomic E-state index is -0.328. The largest absolute Gasteiger partial charge is 0.494 e. The van der Waals surface area contributed by atoms with Gasteiger partial charge in [-0.3, -0.25) is 4.79 Å². The highest BCUT2D eigenvalue weighted by molar-refractivity contribution is 6.33. The third kappa shape index (κ3) is 3.74. The average Bonchev–Trinajstić information content (AvgIpc) is 2.54. The summed E-state index contributed by atoms with van der Waals surface area (Å²) in [5.74, 6) is 0.441. The zero-order valence-electron chi connectivity index (χ0n) is 12.5. The number of nitrogens with one attached hydrogen (secondary N) is 1. The molecule has 0 saturated carbocycles. The SMILES string of the molecule is CCOc1ccccc1C(CC)NC(=O)c1ncncc1Cl. The maximum Gasteiger partial charge on any atom is 0.272 e. The van der Waals surface area contributed by atoms with Crippen LogP contribution in [0.15, 0.2) is 36.8 Å². The molecule has 0 spiro atoms. The van der Waals surface area contributed by atoms with Crippen LogP contribution in [0.2, 0.25) is 5.02 Å². The van der Waals surface area contributed by atoms with Gasteiger partial charge in [-0.1, -0.05) is 36.7 Å². The van der Waals surface area contributed by atoms with Crippen molar-refractivity contribution in [2.45, 2.75) is 26.3 Å². The average molecular weight is 320 g/mol. The van der Waals surface area contributed by atoms with Crippen molar-refractivity contribution in [2.75, 3.05) is 6.61 Å². The number of hydrogen-bond acceptors (Lipinski definition) is 4. The Bertz CT molecular complexity index is 649.